The van der Waals surface area contributed by atoms with Crippen molar-refractivity contribution < 1.29 is 33.1 Å². The van der Waals surface area contributed by atoms with Gasteiger partial charge in [0.15, 0.2) is 23.6 Å². The van der Waals surface area contributed by atoms with Gasteiger partial charge in [-0.2, -0.15) is 0 Å². The van der Waals surface area contributed by atoms with E-state index >= 15 is 0 Å². The SMILES string of the molecule is O=C(Cc1cccs1)NC1C(=O)N2C(C(=O)OC(c3ccccc3)c3ccccc3)=C(COc3cc(Cl)ccc3Oc3ccc(Cl)cc3Cl)C[S+]([O-])[C@@H]12. The fourth-order valence-electron chi connectivity index (χ4n) is 6.02. The van der Waals surface area contributed by atoms with Crippen molar-refractivity contribution in [1.29, 1.82) is 0 Å². The molecule has 14 heteroatoms. The zero-order chi connectivity index (χ0) is 37.1. The van der Waals surface area contributed by atoms with Gasteiger partial charge in [-0.3, -0.25) is 14.5 Å². The lowest BCUT2D eigenvalue weighted by Gasteiger charge is -2.49. The van der Waals surface area contributed by atoms with Crippen molar-refractivity contribution >= 4 is 75.1 Å². The summed E-state index contributed by atoms with van der Waals surface area (Å²) in [6, 6.07) is 30.4. The van der Waals surface area contributed by atoms with Gasteiger partial charge < -0.3 is 24.1 Å². The number of β-lactam (4-membered cyclic amide) rings is 1. The average Bonchev–Trinajstić information content (AvgIpc) is 3.67. The number of nitrogens with zero attached hydrogens (tertiary/aromatic N) is 1. The van der Waals surface area contributed by atoms with E-state index in [1.54, 1.807) is 24.3 Å². The number of thiophene rings is 1. The first-order chi connectivity index (χ1) is 25.7. The number of hydrogen-bond donors (Lipinski definition) is 1. The second-order valence-corrected chi connectivity index (χ2v) is 15.9. The Morgan fingerprint density at radius 1 is 0.868 bits per heavy atom. The van der Waals surface area contributed by atoms with Crippen molar-refractivity contribution in [2.45, 2.75) is 23.9 Å². The predicted molar refractivity (Wildman–Crippen MR) is 205 cm³/mol. The highest BCUT2D eigenvalue weighted by molar-refractivity contribution is 7.92. The first kappa shape index (κ1) is 36.9. The third-order valence-corrected chi connectivity index (χ3v) is 11.8. The largest absolute Gasteiger partial charge is 0.614 e. The van der Waals surface area contributed by atoms with Crippen LogP contribution in [0.5, 0.6) is 17.2 Å². The number of halogens is 3. The first-order valence-electron chi connectivity index (χ1n) is 16.3. The second kappa shape index (κ2) is 16.3. The quantitative estimate of drug-likeness (QED) is 0.0769. The maximum Gasteiger partial charge on any atom is 0.356 e. The number of benzene rings is 4. The fourth-order valence-corrected chi connectivity index (χ4v) is 9.00. The van der Waals surface area contributed by atoms with Crippen LogP contribution >= 0.6 is 46.1 Å². The van der Waals surface area contributed by atoms with Crippen LogP contribution in [0.2, 0.25) is 15.1 Å². The second-order valence-electron chi connectivity index (χ2n) is 12.0. The van der Waals surface area contributed by atoms with Gasteiger partial charge in [-0.05, 0) is 64.1 Å². The Balaban J connectivity index is 1.21. The van der Waals surface area contributed by atoms with Crippen LogP contribution in [0.25, 0.3) is 0 Å². The maximum atomic E-state index is 14.4. The number of esters is 1. The number of carbonyl (C=O) groups excluding carboxylic acids is 3. The molecule has 1 aromatic heterocycles. The van der Waals surface area contributed by atoms with E-state index < -0.39 is 46.5 Å². The summed E-state index contributed by atoms with van der Waals surface area (Å²) in [5.41, 5.74) is 1.55. The van der Waals surface area contributed by atoms with Crippen LogP contribution in [0.3, 0.4) is 0 Å². The highest BCUT2D eigenvalue weighted by atomic mass is 35.5. The van der Waals surface area contributed by atoms with E-state index in [9.17, 15) is 18.9 Å². The molecule has 1 saturated heterocycles. The van der Waals surface area contributed by atoms with Crippen molar-refractivity contribution in [2.24, 2.45) is 0 Å². The summed E-state index contributed by atoms with van der Waals surface area (Å²) in [6.45, 7) is -0.283. The Bertz CT molecular complexity index is 2130. The molecule has 3 atom stereocenters. The van der Waals surface area contributed by atoms with Crippen molar-refractivity contribution in [3.63, 3.8) is 0 Å². The van der Waals surface area contributed by atoms with Gasteiger partial charge in [0.1, 0.15) is 23.8 Å². The van der Waals surface area contributed by atoms with Crippen LogP contribution in [-0.4, -0.2) is 51.0 Å². The molecule has 4 aromatic carbocycles. The molecular formula is C39H29Cl3N2O7S2. The summed E-state index contributed by atoms with van der Waals surface area (Å²) < 4.78 is 32.3. The van der Waals surface area contributed by atoms with Crippen molar-refractivity contribution in [2.75, 3.05) is 12.4 Å². The highest BCUT2D eigenvalue weighted by Gasteiger charge is 2.61. The monoisotopic (exact) mass is 806 g/mol. The lowest BCUT2D eigenvalue weighted by molar-refractivity contribution is -0.155. The number of rotatable bonds is 12. The van der Waals surface area contributed by atoms with Gasteiger partial charge in [0.25, 0.3) is 5.91 Å². The topological polar surface area (TPSA) is 117 Å². The van der Waals surface area contributed by atoms with Crippen LogP contribution < -0.4 is 14.8 Å². The van der Waals surface area contributed by atoms with Crippen LogP contribution in [-0.2, 0) is 36.7 Å². The molecule has 7 rings (SSSR count). The predicted octanol–water partition coefficient (Wildman–Crippen LogP) is 8.12. The summed E-state index contributed by atoms with van der Waals surface area (Å²) in [5.74, 6) is -1.21. The minimum Gasteiger partial charge on any atom is -0.614 e. The minimum atomic E-state index is -1.73. The molecule has 53 heavy (non-hydrogen) atoms. The average molecular weight is 808 g/mol. The van der Waals surface area contributed by atoms with Gasteiger partial charge in [-0.1, -0.05) is 102 Å². The standard InChI is InChI=1S/C39H29Cl3N2O7S2/c40-26-13-15-30(29(42)18-26)50-31-16-14-27(41)19-32(31)49-21-25-22-53(48)38-34(43-33(45)20-28-12-7-17-52-28)37(46)44(38)35(25)39(47)51-36(23-8-3-1-4-9-23)24-10-5-2-6-11-24/h1-19,34,36,38H,20-22H2,(H,43,45)/t34?,38-,53?/m0/s1. The van der Waals surface area contributed by atoms with E-state index in [2.05, 4.69) is 5.32 Å². The molecule has 0 radical (unpaired) electrons. The zero-order valence-electron chi connectivity index (χ0n) is 27.6. The Morgan fingerprint density at radius 2 is 1.53 bits per heavy atom. The Morgan fingerprint density at radius 3 is 2.17 bits per heavy atom. The summed E-state index contributed by atoms with van der Waals surface area (Å²) in [7, 11) is 0. The number of hydrogen-bond acceptors (Lipinski definition) is 8. The third-order valence-electron chi connectivity index (χ3n) is 8.48. The van der Waals surface area contributed by atoms with E-state index in [-0.39, 0.29) is 46.6 Å². The molecule has 3 heterocycles. The molecule has 0 bridgehead atoms. The molecule has 1 fully saturated rings. The smallest absolute Gasteiger partial charge is 0.356 e. The molecular weight excluding hydrogens is 779 g/mol. The highest BCUT2D eigenvalue weighted by Crippen LogP contribution is 2.41. The molecule has 2 amide bonds. The van der Waals surface area contributed by atoms with Crippen LogP contribution in [0.1, 0.15) is 22.1 Å². The molecule has 9 nitrogen and oxygen atoms in total. The zero-order valence-corrected chi connectivity index (χ0v) is 31.5. The molecule has 2 aliphatic rings. The molecule has 5 aromatic rings. The number of amides is 2. The molecule has 1 N–H and O–H groups in total. The molecule has 2 unspecified atom stereocenters. The number of nitrogens with one attached hydrogen (secondary N) is 1. The third kappa shape index (κ3) is 8.21. The Hall–Kier alpha value is -4.49. The Kier molecular flexibility index (Phi) is 11.3. The number of carbonyl (C=O) groups is 3. The minimum absolute atomic E-state index is 0.0612. The molecule has 270 valence electrons. The molecule has 0 spiro atoms. The van der Waals surface area contributed by atoms with E-state index in [0.717, 1.165) is 9.78 Å². The number of ether oxygens (including phenoxy) is 3. The normalized spacial score (nSPS) is 17.9. The van der Waals surface area contributed by atoms with E-state index in [1.807, 2.05) is 78.2 Å². The molecule has 0 saturated carbocycles. The molecule has 0 aliphatic carbocycles. The van der Waals surface area contributed by atoms with Gasteiger partial charge in [-0.25, -0.2) is 4.79 Å². The first-order valence-corrected chi connectivity index (χ1v) is 19.7. The van der Waals surface area contributed by atoms with E-state index in [1.165, 1.54) is 23.5 Å². The summed E-state index contributed by atoms with van der Waals surface area (Å²) in [4.78, 5) is 43.1. The van der Waals surface area contributed by atoms with Crippen molar-refractivity contribution in [1.82, 2.24) is 10.2 Å². The Labute approximate surface area is 327 Å². The van der Waals surface area contributed by atoms with Gasteiger partial charge in [0, 0.05) is 26.6 Å². The number of fused-ring (bicyclic) bond motifs is 1. The fraction of sp³-hybridized carbons (Fsp3) is 0.154. The van der Waals surface area contributed by atoms with Crippen molar-refractivity contribution in [3.8, 4) is 17.2 Å². The van der Waals surface area contributed by atoms with Gasteiger partial charge in [0.2, 0.25) is 11.3 Å². The lowest BCUT2D eigenvalue weighted by Crippen LogP contribution is -2.75. The maximum absolute atomic E-state index is 14.4. The van der Waals surface area contributed by atoms with Gasteiger partial charge in [0.05, 0.1) is 11.4 Å². The van der Waals surface area contributed by atoms with Crippen LogP contribution in [0.4, 0.5) is 0 Å². The van der Waals surface area contributed by atoms with Crippen LogP contribution in [0, 0.1) is 0 Å². The van der Waals surface area contributed by atoms with Gasteiger partial charge >= 0.3 is 5.97 Å². The summed E-state index contributed by atoms with van der Waals surface area (Å²) in [5, 5.41) is 4.61. The lowest BCUT2D eigenvalue weighted by atomic mass is 10.0. The van der Waals surface area contributed by atoms with Crippen LogP contribution in [0.15, 0.2) is 126 Å². The van der Waals surface area contributed by atoms with E-state index in [4.69, 9.17) is 49.0 Å². The van der Waals surface area contributed by atoms with Gasteiger partial charge in [-0.15, -0.1) is 11.3 Å². The van der Waals surface area contributed by atoms with Crippen molar-refractivity contribution in [3.05, 3.63) is 157 Å². The summed E-state index contributed by atoms with van der Waals surface area (Å²) >= 11 is 18.4. The molecule has 2 aliphatic heterocycles. The summed E-state index contributed by atoms with van der Waals surface area (Å²) in [6.07, 6.45) is -0.772. The van der Waals surface area contributed by atoms with E-state index in [0.29, 0.717) is 26.9 Å².